The SMILES string of the molecule is CC(=O)c1ccc(C(=O)C(C)(C)C)nc1. The maximum Gasteiger partial charge on any atom is 0.186 e. The van der Waals surface area contributed by atoms with Crippen molar-refractivity contribution in [3.63, 3.8) is 0 Å². The number of rotatable bonds is 2. The van der Waals surface area contributed by atoms with Crippen molar-refractivity contribution < 1.29 is 9.59 Å². The zero-order valence-electron chi connectivity index (χ0n) is 9.50. The summed E-state index contributed by atoms with van der Waals surface area (Å²) in [5.74, 6) is -0.0603. The Kier molecular flexibility index (Phi) is 3.03. The van der Waals surface area contributed by atoms with E-state index >= 15 is 0 Å². The van der Waals surface area contributed by atoms with Crippen LogP contribution >= 0.6 is 0 Å². The van der Waals surface area contributed by atoms with Crippen LogP contribution in [0.1, 0.15) is 48.5 Å². The van der Waals surface area contributed by atoms with Crippen molar-refractivity contribution in [2.45, 2.75) is 27.7 Å². The first-order valence-electron chi connectivity index (χ1n) is 4.84. The Hall–Kier alpha value is -1.51. The summed E-state index contributed by atoms with van der Waals surface area (Å²) in [4.78, 5) is 26.8. The molecule has 0 spiro atoms. The minimum atomic E-state index is -0.440. The highest BCUT2D eigenvalue weighted by Crippen LogP contribution is 2.19. The minimum Gasteiger partial charge on any atom is -0.294 e. The zero-order valence-corrected chi connectivity index (χ0v) is 9.50. The van der Waals surface area contributed by atoms with E-state index in [1.54, 1.807) is 12.1 Å². The highest BCUT2D eigenvalue weighted by Gasteiger charge is 2.23. The van der Waals surface area contributed by atoms with Crippen LogP contribution in [0.25, 0.3) is 0 Å². The number of hydrogen-bond donors (Lipinski definition) is 0. The quantitative estimate of drug-likeness (QED) is 0.697. The monoisotopic (exact) mass is 205 g/mol. The highest BCUT2D eigenvalue weighted by atomic mass is 16.1. The molecular weight excluding hydrogens is 190 g/mol. The second-order valence-electron chi connectivity index (χ2n) is 4.57. The lowest BCUT2D eigenvalue weighted by Crippen LogP contribution is -2.21. The second kappa shape index (κ2) is 3.93. The lowest BCUT2D eigenvalue weighted by molar-refractivity contribution is 0.0852. The molecule has 0 N–H and O–H groups in total. The normalized spacial score (nSPS) is 11.2. The van der Waals surface area contributed by atoms with Crippen molar-refractivity contribution in [3.8, 4) is 0 Å². The summed E-state index contributed by atoms with van der Waals surface area (Å²) in [6.07, 6.45) is 1.45. The molecule has 1 heterocycles. The molecule has 80 valence electrons. The van der Waals surface area contributed by atoms with E-state index < -0.39 is 5.41 Å². The Morgan fingerprint density at radius 2 is 1.80 bits per heavy atom. The van der Waals surface area contributed by atoms with Crippen LogP contribution in [0, 0.1) is 5.41 Å². The number of carbonyl (C=O) groups is 2. The Morgan fingerprint density at radius 1 is 1.20 bits per heavy atom. The van der Waals surface area contributed by atoms with Crippen molar-refractivity contribution >= 4 is 11.6 Å². The van der Waals surface area contributed by atoms with Gasteiger partial charge in [0.15, 0.2) is 11.6 Å². The van der Waals surface area contributed by atoms with Gasteiger partial charge in [-0.25, -0.2) is 0 Å². The number of ketones is 2. The van der Waals surface area contributed by atoms with Crippen molar-refractivity contribution in [3.05, 3.63) is 29.6 Å². The van der Waals surface area contributed by atoms with E-state index in [1.807, 2.05) is 20.8 Å². The largest absolute Gasteiger partial charge is 0.294 e. The fourth-order valence-corrected chi connectivity index (χ4v) is 1.12. The molecule has 3 heteroatoms. The third-order valence-corrected chi connectivity index (χ3v) is 2.08. The average molecular weight is 205 g/mol. The fraction of sp³-hybridized carbons (Fsp3) is 0.417. The topological polar surface area (TPSA) is 47.0 Å². The van der Waals surface area contributed by atoms with Gasteiger partial charge in [0.2, 0.25) is 0 Å². The summed E-state index contributed by atoms with van der Waals surface area (Å²) in [5.41, 5.74) is 0.498. The first-order valence-corrected chi connectivity index (χ1v) is 4.84. The van der Waals surface area contributed by atoms with Gasteiger partial charge in [0, 0.05) is 17.2 Å². The van der Waals surface area contributed by atoms with Gasteiger partial charge >= 0.3 is 0 Å². The maximum atomic E-state index is 11.8. The van der Waals surface area contributed by atoms with Gasteiger partial charge in [0.05, 0.1) is 0 Å². The average Bonchev–Trinajstić information content (AvgIpc) is 2.15. The highest BCUT2D eigenvalue weighted by molar-refractivity contribution is 5.99. The van der Waals surface area contributed by atoms with E-state index in [9.17, 15) is 9.59 Å². The van der Waals surface area contributed by atoms with Gasteiger partial charge in [-0.05, 0) is 19.1 Å². The minimum absolute atomic E-state index is 0.0161. The molecule has 1 rings (SSSR count). The van der Waals surface area contributed by atoms with E-state index in [0.717, 1.165) is 0 Å². The standard InChI is InChI=1S/C12H15NO2/c1-8(14)9-5-6-10(13-7-9)11(15)12(2,3)4/h5-7H,1-4H3. The number of pyridine rings is 1. The molecule has 3 nitrogen and oxygen atoms in total. The van der Waals surface area contributed by atoms with Crippen molar-refractivity contribution in [2.75, 3.05) is 0 Å². The Bertz CT molecular complexity index is 385. The zero-order chi connectivity index (χ0) is 11.6. The lowest BCUT2D eigenvalue weighted by atomic mass is 9.88. The molecule has 15 heavy (non-hydrogen) atoms. The molecule has 1 aromatic rings. The molecule has 0 aliphatic carbocycles. The molecule has 0 bridgehead atoms. The number of nitrogens with zero attached hydrogens (tertiary/aromatic N) is 1. The number of aromatic nitrogens is 1. The van der Waals surface area contributed by atoms with Crippen LogP contribution in [-0.2, 0) is 0 Å². The summed E-state index contributed by atoms with van der Waals surface area (Å²) in [7, 11) is 0. The molecule has 0 saturated carbocycles. The van der Waals surface area contributed by atoms with E-state index in [2.05, 4.69) is 4.98 Å². The molecule has 0 aliphatic heterocycles. The van der Waals surface area contributed by atoms with Crippen LogP contribution in [-0.4, -0.2) is 16.6 Å². The third-order valence-electron chi connectivity index (χ3n) is 2.08. The molecule has 0 unspecified atom stereocenters. The summed E-state index contributed by atoms with van der Waals surface area (Å²) >= 11 is 0. The summed E-state index contributed by atoms with van der Waals surface area (Å²) in [6, 6.07) is 3.23. The van der Waals surface area contributed by atoms with Crippen LogP contribution in [0.3, 0.4) is 0 Å². The van der Waals surface area contributed by atoms with Gasteiger partial charge in [-0.1, -0.05) is 20.8 Å². The third kappa shape index (κ3) is 2.72. The van der Waals surface area contributed by atoms with E-state index in [4.69, 9.17) is 0 Å². The lowest BCUT2D eigenvalue weighted by Gasteiger charge is -2.15. The number of hydrogen-bond acceptors (Lipinski definition) is 3. The Morgan fingerprint density at radius 3 is 2.13 bits per heavy atom. The van der Waals surface area contributed by atoms with Crippen LogP contribution in [0.15, 0.2) is 18.3 Å². The maximum absolute atomic E-state index is 11.8. The first kappa shape index (κ1) is 11.6. The van der Waals surface area contributed by atoms with Gasteiger partial charge in [0.25, 0.3) is 0 Å². The number of Topliss-reactive ketones (excluding diaryl/α,β-unsaturated/α-hetero) is 2. The number of carbonyl (C=O) groups excluding carboxylic acids is 2. The second-order valence-corrected chi connectivity index (χ2v) is 4.57. The smallest absolute Gasteiger partial charge is 0.186 e. The Labute approximate surface area is 89.5 Å². The van der Waals surface area contributed by atoms with Gasteiger partial charge in [-0.15, -0.1) is 0 Å². The molecule has 0 aliphatic rings. The van der Waals surface area contributed by atoms with E-state index in [1.165, 1.54) is 13.1 Å². The van der Waals surface area contributed by atoms with Gasteiger partial charge < -0.3 is 0 Å². The first-order chi connectivity index (χ1) is 6.82. The van der Waals surface area contributed by atoms with Crippen molar-refractivity contribution in [1.29, 1.82) is 0 Å². The van der Waals surface area contributed by atoms with Crippen molar-refractivity contribution in [2.24, 2.45) is 5.41 Å². The van der Waals surface area contributed by atoms with E-state index in [-0.39, 0.29) is 11.6 Å². The van der Waals surface area contributed by atoms with Crippen LogP contribution < -0.4 is 0 Å². The van der Waals surface area contributed by atoms with Crippen LogP contribution in [0.2, 0.25) is 0 Å². The molecule has 0 fully saturated rings. The summed E-state index contributed by atoms with van der Waals surface area (Å²) < 4.78 is 0. The van der Waals surface area contributed by atoms with Crippen molar-refractivity contribution in [1.82, 2.24) is 4.98 Å². The summed E-state index contributed by atoms with van der Waals surface area (Å²) in [6.45, 7) is 7.00. The molecule has 0 amide bonds. The molecule has 0 radical (unpaired) electrons. The molecule has 0 aromatic carbocycles. The van der Waals surface area contributed by atoms with E-state index in [0.29, 0.717) is 11.3 Å². The van der Waals surface area contributed by atoms with Gasteiger partial charge in [-0.3, -0.25) is 14.6 Å². The van der Waals surface area contributed by atoms with Crippen LogP contribution in [0.5, 0.6) is 0 Å². The molecule has 1 aromatic heterocycles. The molecule has 0 saturated heterocycles. The fourth-order valence-electron chi connectivity index (χ4n) is 1.12. The molecular formula is C12H15NO2. The molecule has 0 atom stereocenters. The Balaban J connectivity index is 3.00. The summed E-state index contributed by atoms with van der Waals surface area (Å²) in [5, 5.41) is 0. The predicted molar refractivity (Wildman–Crippen MR) is 58.0 cm³/mol. The van der Waals surface area contributed by atoms with Gasteiger partial charge in [-0.2, -0.15) is 0 Å². The van der Waals surface area contributed by atoms with Gasteiger partial charge in [0.1, 0.15) is 5.69 Å². The predicted octanol–water partition coefficient (Wildman–Crippen LogP) is 2.51. The van der Waals surface area contributed by atoms with Crippen LogP contribution in [0.4, 0.5) is 0 Å².